The van der Waals surface area contributed by atoms with E-state index in [2.05, 4.69) is 41.5 Å². The fourth-order valence-corrected chi connectivity index (χ4v) is 5.72. The molecule has 0 heteroatoms. The van der Waals surface area contributed by atoms with Gasteiger partial charge in [-0.05, 0) is 73.0 Å². The van der Waals surface area contributed by atoms with Gasteiger partial charge in [0.15, 0.2) is 0 Å². The molecule has 4 rings (SSSR count). The summed E-state index contributed by atoms with van der Waals surface area (Å²) in [6.45, 7) is 14.4. The Hall–Kier alpha value is 0. The molecule has 0 radical (unpaired) electrons. The first-order valence-corrected chi connectivity index (χ1v) is 11.1. The molecule has 0 aromatic carbocycles. The largest absolute Gasteiger partial charge is 0.0599 e. The van der Waals surface area contributed by atoms with Crippen LogP contribution in [0.2, 0.25) is 0 Å². The molecule has 0 aromatic rings. The van der Waals surface area contributed by atoms with Crippen molar-refractivity contribution in [3.63, 3.8) is 0 Å². The molecule has 4 aliphatic rings. The first kappa shape index (κ1) is 20.3. The Morgan fingerprint density at radius 2 is 1.04 bits per heavy atom. The first-order valence-electron chi connectivity index (χ1n) is 11.1. The van der Waals surface area contributed by atoms with E-state index in [1.54, 1.807) is 6.42 Å². The molecule has 0 amide bonds. The van der Waals surface area contributed by atoms with Crippen molar-refractivity contribution in [3.05, 3.63) is 0 Å². The van der Waals surface area contributed by atoms with Gasteiger partial charge in [-0.3, -0.25) is 0 Å². The average molecular weight is 335 g/mol. The second kappa shape index (κ2) is 8.13. The Morgan fingerprint density at radius 1 is 0.583 bits per heavy atom. The Labute approximate surface area is 153 Å². The van der Waals surface area contributed by atoms with E-state index in [0.717, 1.165) is 11.8 Å². The maximum atomic E-state index is 2.44. The Kier molecular flexibility index (Phi) is 6.88. The molecule has 24 heavy (non-hydrogen) atoms. The molecular weight excluding hydrogens is 288 g/mol. The summed E-state index contributed by atoms with van der Waals surface area (Å²) in [7, 11) is 0. The van der Waals surface area contributed by atoms with Crippen molar-refractivity contribution in [2.45, 2.75) is 125 Å². The molecule has 142 valence electrons. The molecule has 0 heterocycles. The van der Waals surface area contributed by atoms with Gasteiger partial charge in [-0.15, -0.1) is 0 Å². The van der Waals surface area contributed by atoms with Gasteiger partial charge in [0, 0.05) is 0 Å². The molecule has 2 atom stereocenters. The standard InChI is InChI=1S/C9H16.C8H16.C7H14/c1-9(2)6-7-3-4-8(9)5-7;1-8(2)6-4-3-5-7-8;1-7(2)5-3-4-6-7/h7-8H,3-6H2,1-2H3;3-7H2,1-2H3;3-6H2,1-2H3. The van der Waals surface area contributed by atoms with E-state index < -0.39 is 0 Å². The zero-order valence-electron chi connectivity index (χ0n) is 17.8. The minimum atomic E-state index is 0.679. The zero-order chi connectivity index (χ0) is 17.8. The molecule has 0 spiro atoms. The molecule has 0 aromatic heterocycles. The first-order chi connectivity index (χ1) is 11.1. The number of rotatable bonds is 0. The summed E-state index contributed by atoms with van der Waals surface area (Å²) in [5.74, 6) is 2.20. The van der Waals surface area contributed by atoms with E-state index in [0.29, 0.717) is 16.2 Å². The lowest BCUT2D eigenvalue weighted by Gasteiger charge is -2.29. The van der Waals surface area contributed by atoms with Crippen LogP contribution < -0.4 is 0 Å². The van der Waals surface area contributed by atoms with Crippen molar-refractivity contribution >= 4 is 0 Å². The van der Waals surface area contributed by atoms with Crippen LogP contribution in [0.5, 0.6) is 0 Å². The van der Waals surface area contributed by atoms with Crippen LogP contribution in [0, 0.1) is 28.1 Å². The van der Waals surface area contributed by atoms with E-state index in [1.807, 2.05) is 0 Å². The summed E-state index contributed by atoms with van der Waals surface area (Å²) >= 11 is 0. The maximum absolute atomic E-state index is 2.44. The summed E-state index contributed by atoms with van der Waals surface area (Å²) in [6, 6.07) is 0. The normalized spacial score (nSPS) is 34.8. The lowest BCUT2D eigenvalue weighted by atomic mass is 9.77. The Morgan fingerprint density at radius 3 is 1.21 bits per heavy atom. The van der Waals surface area contributed by atoms with Crippen LogP contribution in [-0.4, -0.2) is 0 Å². The monoisotopic (exact) mass is 334 g/mol. The molecule has 2 unspecified atom stereocenters. The van der Waals surface area contributed by atoms with Crippen LogP contribution in [0.3, 0.4) is 0 Å². The van der Waals surface area contributed by atoms with Crippen LogP contribution in [0.4, 0.5) is 0 Å². The SMILES string of the molecule is CC1(C)CC2CCC1C2.CC1(C)CCCC1.CC1(C)CCCCC1. The molecule has 4 aliphatic carbocycles. The van der Waals surface area contributed by atoms with Crippen LogP contribution in [-0.2, 0) is 0 Å². The van der Waals surface area contributed by atoms with Crippen molar-refractivity contribution in [2.75, 3.05) is 0 Å². The molecule has 0 aliphatic heterocycles. The van der Waals surface area contributed by atoms with Gasteiger partial charge in [-0.25, -0.2) is 0 Å². The fourth-order valence-electron chi connectivity index (χ4n) is 5.72. The summed E-state index contributed by atoms with van der Waals surface area (Å²) in [6.07, 6.45) is 19.3. The average Bonchev–Trinajstić information content (AvgIpc) is 3.14. The van der Waals surface area contributed by atoms with Gasteiger partial charge >= 0.3 is 0 Å². The van der Waals surface area contributed by atoms with Crippen molar-refractivity contribution in [2.24, 2.45) is 28.1 Å². The maximum Gasteiger partial charge on any atom is -0.0323 e. The van der Waals surface area contributed by atoms with Gasteiger partial charge in [-0.2, -0.15) is 0 Å². The number of hydrogen-bond acceptors (Lipinski definition) is 0. The molecule has 4 fully saturated rings. The quantitative estimate of drug-likeness (QED) is 0.417. The van der Waals surface area contributed by atoms with Crippen LogP contribution in [0.25, 0.3) is 0 Å². The molecule has 4 saturated carbocycles. The van der Waals surface area contributed by atoms with E-state index in [1.165, 1.54) is 77.0 Å². The van der Waals surface area contributed by atoms with Crippen LogP contribution in [0.1, 0.15) is 125 Å². The van der Waals surface area contributed by atoms with E-state index in [9.17, 15) is 0 Å². The predicted octanol–water partition coefficient (Wildman–Crippen LogP) is 8.40. The summed E-state index contributed by atoms with van der Waals surface area (Å²) in [5, 5.41) is 0. The van der Waals surface area contributed by atoms with Gasteiger partial charge in [0.2, 0.25) is 0 Å². The Balaban J connectivity index is 0.000000132. The lowest BCUT2D eigenvalue weighted by molar-refractivity contribution is 0.217. The predicted molar refractivity (Wildman–Crippen MR) is 108 cm³/mol. The van der Waals surface area contributed by atoms with Gasteiger partial charge in [0.05, 0.1) is 0 Å². The third kappa shape index (κ3) is 6.38. The second-order valence-electron chi connectivity index (χ2n) is 11.7. The summed E-state index contributed by atoms with van der Waals surface area (Å²) < 4.78 is 0. The smallest absolute Gasteiger partial charge is 0.0323 e. The van der Waals surface area contributed by atoms with Gasteiger partial charge in [0.1, 0.15) is 0 Å². The van der Waals surface area contributed by atoms with Gasteiger partial charge in [0.25, 0.3) is 0 Å². The Bertz CT molecular complexity index is 357. The number of fused-ring (bicyclic) bond motifs is 2. The van der Waals surface area contributed by atoms with Gasteiger partial charge < -0.3 is 0 Å². The van der Waals surface area contributed by atoms with Gasteiger partial charge in [-0.1, -0.05) is 80.1 Å². The highest BCUT2D eigenvalue weighted by atomic mass is 14.5. The summed E-state index contributed by atoms with van der Waals surface area (Å²) in [4.78, 5) is 0. The van der Waals surface area contributed by atoms with E-state index in [4.69, 9.17) is 0 Å². The second-order valence-corrected chi connectivity index (χ2v) is 11.7. The fraction of sp³-hybridized carbons (Fsp3) is 1.00. The lowest BCUT2D eigenvalue weighted by Crippen LogP contribution is -2.19. The highest BCUT2D eigenvalue weighted by Crippen LogP contribution is 2.55. The van der Waals surface area contributed by atoms with E-state index >= 15 is 0 Å². The summed E-state index contributed by atoms with van der Waals surface area (Å²) in [5.41, 5.74) is 2.08. The van der Waals surface area contributed by atoms with Crippen molar-refractivity contribution in [3.8, 4) is 0 Å². The number of hydrogen-bond donors (Lipinski definition) is 0. The molecule has 0 saturated heterocycles. The highest BCUT2D eigenvalue weighted by molar-refractivity contribution is 4.95. The molecule has 0 N–H and O–H groups in total. The highest BCUT2D eigenvalue weighted by Gasteiger charge is 2.44. The van der Waals surface area contributed by atoms with Crippen molar-refractivity contribution < 1.29 is 0 Å². The van der Waals surface area contributed by atoms with Crippen LogP contribution in [0.15, 0.2) is 0 Å². The minimum Gasteiger partial charge on any atom is -0.0599 e. The van der Waals surface area contributed by atoms with Crippen LogP contribution >= 0.6 is 0 Å². The molecule has 0 nitrogen and oxygen atoms in total. The third-order valence-electron chi connectivity index (χ3n) is 7.63. The van der Waals surface area contributed by atoms with Crippen molar-refractivity contribution in [1.82, 2.24) is 0 Å². The van der Waals surface area contributed by atoms with E-state index in [-0.39, 0.29) is 0 Å². The van der Waals surface area contributed by atoms with Crippen molar-refractivity contribution in [1.29, 1.82) is 0 Å². The minimum absolute atomic E-state index is 0.679. The zero-order valence-corrected chi connectivity index (χ0v) is 17.8. The molecular formula is C24H46. The topological polar surface area (TPSA) is 0 Å². The molecule has 2 bridgehead atoms. The third-order valence-corrected chi connectivity index (χ3v) is 7.63.